The smallest absolute Gasteiger partial charge is 0.298 e. The average molecular weight is 278 g/mol. The normalized spacial score (nSPS) is 10.9. The maximum Gasteiger partial charge on any atom is 0.298 e. The first kappa shape index (κ1) is 13.6. The summed E-state index contributed by atoms with van der Waals surface area (Å²) in [6, 6.07) is 16.7. The van der Waals surface area contributed by atoms with E-state index < -0.39 is 0 Å². The van der Waals surface area contributed by atoms with Gasteiger partial charge in [-0.1, -0.05) is 49.7 Å². The van der Waals surface area contributed by atoms with E-state index in [1.807, 2.05) is 18.2 Å². The van der Waals surface area contributed by atoms with Crippen molar-refractivity contribution in [1.82, 2.24) is 0 Å². The highest BCUT2D eigenvalue weighted by Gasteiger charge is 2.03. The third-order valence-corrected chi connectivity index (χ3v) is 3.87. The molecule has 3 aromatic rings. The molecule has 0 aromatic heterocycles. The van der Waals surface area contributed by atoms with Crippen LogP contribution in [0.3, 0.4) is 0 Å². The Hall–Kier alpha value is -2.35. The van der Waals surface area contributed by atoms with Gasteiger partial charge in [0.05, 0.1) is 0 Å². The lowest BCUT2D eigenvalue weighted by Crippen LogP contribution is -1.89. The van der Waals surface area contributed by atoms with Gasteiger partial charge in [-0.25, -0.2) is 0 Å². The lowest BCUT2D eigenvalue weighted by atomic mass is 9.98. The molecule has 0 fully saturated rings. The molecule has 0 aliphatic carbocycles. The molecule has 0 bridgehead atoms. The monoisotopic (exact) mass is 278 g/mol. The minimum atomic E-state index is 0.461. The van der Waals surface area contributed by atoms with Crippen LogP contribution in [0.15, 0.2) is 48.5 Å². The predicted octanol–water partition coefficient (Wildman–Crippen LogP) is 4.87. The molecule has 21 heavy (non-hydrogen) atoms. The summed E-state index contributed by atoms with van der Waals surface area (Å²) < 4.78 is 4.91. The summed E-state index contributed by atoms with van der Waals surface area (Å²) in [6.45, 7) is 2.68. The summed E-state index contributed by atoms with van der Waals surface area (Å²) in [4.78, 5) is 10.4. The maximum atomic E-state index is 10.4. The number of unbranched alkanes of at least 4 members (excludes halogenated alkanes) is 1. The minimum absolute atomic E-state index is 0.461. The largest absolute Gasteiger partial charge is 0.429 e. The quantitative estimate of drug-likeness (QED) is 0.491. The van der Waals surface area contributed by atoms with Gasteiger partial charge in [0.2, 0.25) is 0 Å². The second-order valence-corrected chi connectivity index (χ2v) is 5.32. The van der Waals surface area contributed by atoms with E-state index in [4.69, 9.17) is 4.74 Å². The molecular weight excluding hydrogens is 260 g/mol. The number of hydrogen-bond acceptors (Lipinski definition) is 2. The van der Waals surface area contributed by atoms with Crippen molar-refractivity contribution in [2.24, 2.45) is 0 Å². The molecule has 0 radical (unpaired) electrons. The zero-order valence-electron chi connectivity index (χ0n) is 12.1. The van der Waals surface area contributed by atoms with E-state index in [2.05, 4.69) is 37.3 Å². The molecule has 0 N–H and O–H groups in total. The molecule has 0 unspecified atom stereocenters. The fourth-order valence-electron chi connectivity index (χ4n) is 2.76. The number of benzene rings is 3. The Morgan fingerprint density at radius 2 is 1.67 bits per heavy atom. The summed E-state index contributed by atoms with van der Waals surface area (Å²) in [5.41, 5.74) is 1.39. The van der Waals surface area contributed by atoms with Crippen molar-refractivity contribution in [3.63, 3.8) is 0 Å². The Morgan fingerprint density at radius 3 is 2.38 bits per heavy atom. The van der Waals surface area contributed by atoms with Gasteiger partial charge in [-0.15, -0.1) is 0 Å². The van der Waals surface area contributed by atoms with E-state index in [0.29, 0.717) is 12.2 Å². The topological polar surface area (TPSA) is 26.3 Å². The van der Waals surface area contributed by atoms with Crippen molar-refractivity contribution in [1.29, 1.82) is 0 Å². The molecule has 0 atom stereocenters. The zero-order valence-corrected chi connectivity index (χ0v) is 12.1. The van der Waals surface area contributed by atoms with Gasteiger partial charge in [0.1, 0.15) is 5.75 Å². The molecule has 0 amide bonds. The van der Waals surface area contributed by atoms with Crippen molar-refractivity contribution in [3.8, 4) is 5.75 Å². The Bertz CT molecular complexity index is 790. The minimum Gasteiger partial charge on any atom is -0.429 e. The third kappa shape index (κ3) is 2.75. The lowest BCUT2D eigenvalue weighted by molar-refractivity contribution is -0.120. The SMILES string of the molecule is CCCCc1ccc2c(ccc3cc(OC=O)ccc32)c1. The van der Waals surface area contributed by atoms with Crippen LogP contribution >= 0.6 is 0 Å². The van der Waals surface area contributed by atoms with Crippen LogP contribution in [0.5, 0.6) is 5.75 Å². The standard InChI is InChI=1S/C19H18O2/c1-2-3-4-14-5-9-18-15(11-14)6-7-16-12-17(21-13-20)8-10-19(16)18/h5-13H,2-4H2,1H3. The Morgan fingerprint density at radius 1 is 0.952 bits per heavy atom. The van der Waals surface area contributed by atoms with Gasteiger partial charge in [0.25, 0.3) is 6.47 Å². The number of hydrogen-bond donors (Lipinski definition) is 0. The Kier molecular flexibility index (Phi) is 3.87. The fraction of sp³-hybridized carbons (Fsp3) is 0.211. The van der Waals surface area contributed by atoms with Gasteiger partial charge in [-0.05, 0) is 52.1 Å². The van der Waals surface area contributed by atoms with Crippen LogP contribution < -0.4 is 4.74 Å². The number of fused-ring (bicyclic) bond motifs is 3. The molecular formula is C19H18O2. The molecule has 106 valence electrons. The van der Waals surface area contributed by atoms with Gasteiger partial charge >= 0.3 is 0 Å². The van der Waals surface area contributed by atoms with E-state index in [-0.39, 0.29) is 0 Å². The molecule has 0 saturated carbocycles. The highest BCUT2D eigenvalue weighted by Crippen LogP contribution is 2.29. The maximum absolute atomic E-state index is 10.4. The predicted molar refractivity (Wildman–Crippen MR) is 86.8 cm³/mol. The highest BCUT2D eigenvalue weighted by molar-refractivity contribution is 6.07. The van der Waals surface area contributed by atoms with Crippen molar-refractivity contribution in [2.75, 3.05) is 0 Å². The summed E-state index contributed by atoms with van der Waals surface area (Å²) in [5, 5.41) is 4.78. The van der Waals surface area contributed by atoms with Gasteiger partial charge < -0.3 is 4.74 Å². The first-order chi connectivity index (χ1) is 10.3. The summed E-state index contributed by atoms with van der Waals surface area (Å²) >= 11 is 0. The average Bonchev–Trinajstić information content (AvgIpc) is 2.52. The van der Waals surface area contributed by atoms with Crippen LogP contribution in [0, 0.1) is 0 Å². The van der Waals surface area contributed by atoms with Crippen LogP contribution in [-0.2, 0) is 11.2 Å². The number of aryl methyl sites for hydroxylation is 1. The summed E-state index contributed by atoms with van der Waals surface area (Å²) in [5.74, 6) is 0.580. The molecule has 0 heterocycles. The molecule has 0 aliphatic rings. The van der Waals surface area contributed by atoms with Crippen LogP contribution in [0.4, 0.5) is 0 Å². The second-order valence-electron chi connectivity index (χ2n) is 5.32. The van der Waals surface area contributed by atoms with E-state index in [0.717, 1.165) is 11.8 Å². The number of carbonyl (C=O) groups excluding carboxylic acids is 1. The third-order valence-electron chi connectivity index (χ3n) is 3.87. The van der Waals surface area contributed by atoms with Crippen LogP contribution in [0.1, 0.15) is 25.3 Å². The van der Waals surface area contributed by atoms with Crippen LogP contribution in [0.25, 0.3) is 21.5 Å². The molecule has 0 aliphatic heterocycles. The Labute approximate surface area is 124 Å². The summed E-state index contributed by atoms with van der Waals surface area (Å²) in [6.07, 6.45) is 3.58. The van der Waals surface area contributed by atoms with Crippen LogP contribution in [-0.4, -0.2) is 6.47 Å². The van der Waals surface area contributed by atoms with E-state index in [9.17, 15) is 4.79 Å². The summed E-state index contributed by atoms with van der Waals surface area (Å²) in [7, 11) is 0. The van der Waals surface area contributed by atoms with Crippen molar-refractivity contribution < 1.29 is 9.53 Å². The first-order valence-corrected chi connectivity index (χ1v) is 7.37. The zero-order chi connectivity index (χ0) is 14.7. The molecule has 0 spiro atoms. The second kappa shape index (κ2) is 5.96. The van der Waals surface area contributed by atoms with E-state index in [1.54, 1.807) is 0 Å². The fourth-order valence-corrected chi connectivity index (χ4v) is 2.76. The molecule has 3 rings (SSSR count). The van der Waals surface area contributed by atoms with Crippen molar-refractivity contribution >= 4 is 28.0 Å². The van der Waals surface area contributed by atoms with E-state index >= 15 is 0 Å². The lowest BCUT2D eigenvalue weighted by Gasteiger charge is -2.08. The van der Waals surface area contributed by atoms with Gasteiger partial charge in [0.15, 0.2) is 0 Å². The van der Waals surface area contributed by atoms with Gasteiger partial charge in [-0.2, -0.15) is 0 Å². The van der Waals surface area contributed by atoms with Crippen molar-refractivity contribution in [3.05, 3.63) is 54.1 Å². The van der Waals surface area contributed by atoms with Crippen LogP contribution in [0.2, 0.25) is 0 Å². The Balaban J connectivity index is 2.08. The molecule has 2 nitrogen and oxygen atoms in total. The van der Waals surface area contributed by atoms with Gasteiger partial charge in [0, 0.05) is 0 Å². The van der Waals surface area contributed by atoms with Crippen molar-refractivity contribution in [2.45, 2.75) is 26.2 Å². The highest BCUT2D eigenvalue weighted by atomic mass is 16.5. The van der Waals surface area contributed by atoms with E-state index in [1.165, 1.54) is 34.6 Å². The first-order valence-electron chi connectivity index (χ1n) is 7.37. The number of ether oxygens (including phenoxy) is 1. The molecule has 3 aromatic carbocycles. The molecule has 0 saturated heterocycles. The molecule has 2 heteroatoms. The van der Waals surface area contributed by atoms with Gasteiger partial charge in [-0.3, -0.25) is 4.79 Å². The number of rotatable bonds is 5. The number of carbonyl (C=O) groups is 1.